The molecule has 4 heteroatoms. The number of carbonyl (C=O) groups is 1. The van der Waals surface area contributed by atoms with Crippen LogP contribution in [0.25, 0.3) is 0 Å². The molecule has 1 N–H and O–H groups in total. The molecule has 0 bridgehead atoms. The summed E-state index contributed by atoms with van der Waals surface area (Å²) < 4.78 is 5.83. The van der Waals surface area contributed by atoms with Crippen molar-refractivity contribution >= 4 is 14.2 Å². The minimum atomic E-state index is -1.55. The number of β-lactam (4-membered cyclic amide) rings is 1. The van der Waals surface area contributed by atoms with E-state index in [9.17, 15) is 4.79 Å². The van der Waals surface area contributed by atoms with Crippen LogP contribution in [-0.2, 0) is 9.22 Å². The highest BCUT2D eigenvalue weighted by molar-refractivity contribution is 6.70. The number of nitrogens with one attached hydrogen (secondary N) is 1. The molecule has 1 aliphatic heterocycles. The molecule has 2 fully saturated rings. The van der Waals surface area contributed by atoms with Crippen LogP contribution in [0, 0.1) is 5.92 Å². The largest absolute Gasteiger partial charge is 0.404 e. The Morgan fingerprint density at radius 2 is 2.00 bits per heavy atom. The van der Waals surface area contributed by atoms with E-state index < -0.39 is 8.32 Å². The third-order valence-corrected chi connectivity index (χ3v) is 3.46. The van der Waals surface area contributed by atoms with Gasteiger partial charge < -0.3 is 9.74 Å². The third-order valence-electron chi connectivity index (χ3n) is 2.50. The molecule has 2 aliphatic rings. The van der Waals surface area contributed by atoms with Crippen LogP contribution in [0.5, 0.6) is 0 Å². The van der Waals surface area contributed by atoms with E-state index in [0.29, 0.717) is 12.0 Å². The number of rotatable bonds is 3. The average molecular weight is 199 g/mol. The second kappa shape index (κ2) is 2.82. The molecule has 1 amide bonds. The molecule has 1 saturated heterocycles. The smallest absolute Gasteiger partial charge is 0.250 e. The lowest BCUT2D eigenvalue weighted by Crippen LogP contribution is -2.66. The molecule has 1 saturated carbocycles. The highest BCUT2D eigenvalue weighted by Crippen LogP contribution is 2.38. The average Bonchev–Trinajstić information content (AvgIpc) is 2.77. The maximum atomic E-state index is 11.2. The second-order valence-corrected chi connectivity index (χ2v) is 9.48. The van der Waals surface area contributed by atoms with Gasteiger partial charge in [0, 0.05) is 0 Å². The van der Waals surface area contributed by atoms with Gasteiger partial charge in [0.25, 0.3) is 0 Å². The molecule has 2 rings (SSSR count). The third kappa shape index (κ3) is 1.94. The molecule has 13 heavy (non-hydrogen) atoms. The molecular weight excluding hydrogens is 182 g/mol. The number of carbonyl (C=O) groups excluding carboxylic acids is 1. The van der Waals surface area contributed by atoms with Crippen LogP contribution in [-0.4, -0.2) is 26.4 Å². The Kier molecular flexibility index (Phi) is 2.00. The van der Waals surface area contributed by atoms with Crippen LogP contribution in [0.3, 0.4) is 0 Å². The Balaban J connectivity index is 1.92. The van der Waals surface area contributed by atoms with Gasteiger partial charge >= 0.3 is 0 Å². The van der Waals surface area contributed by atoms with Crippen molar-refractivity contribution in [1.82, 2.24) is 5.32 Å². The number of amides is 1. The van der Waals surface area contributed by atoms with Gasteiger partial charge in [0.2, 0.25) is 5.91 Å². The van der Waals surface area contributed by atoms with Gasteiger partial charge in [-0.3, -0.25) is 4.79 Å². The van der Waals surface area contributed by atoms with Gasteiger partial charge in [-0.1, -0.05) is 0 Å². The van der Waals surface area contributed by atoms with E-state index in [1.165, 1.54) is 12.8 Å². The summed E-state index contributed by atoms with van der Waals surface area (Å²) in [5.74, 6) is 0.804. The summed E-state index contributed by atoms with van der Waals surface area (Å²) in [6, 6.07) is 0.333. The fraction of sp³-hybridized carbons (Fsp3) is 0.889. The minimum Gasteiger partial charge on any atom is -0.404 e. The predicted molar refractivity (Wildman–Crippen MR) is 52.9 cm³/mol. The van der Waals surface area contributed by atoms with Crippen molar-refractivity contribution in [2.45, 2.75) is 44.6 Å². The lowest BCUT2D eigenvalue weighted by atomic mass is 9.98. The first-order valence-corrected chi connectivity index (χ1v) is 8.36. The Bertz CT molecular complexity index is 232. The monoisotopic (exact) mass is 199 g/mol. The lowest BCUT2D eigenvalue weighted by molar-refractivity contribution is -0.141. The number of hydrogen-bond acceptors (Lipinski definition) is 2. The normalized spacial score (nSPS) is 33.9. The fourth-order valence-corrected chi connectivity index (χ4v) is 2.73. The van der Waals surface area contributed by atoms with Crippen molar-refractivity contribution in [1.29, 1.82) is 0 Å². The van der Waals surface area contributed by atoms with Gasteiger partial charge in [-0.25, -0.2) is 0 Å². The molecule has 2 unspecified atom stereocenters. The van der Waals surface area contributed by atoms with Crippen molar-refractivity contribution in [3.8, 4) is 0 Å². The van der Waals surface area contributed by atoms with Crippen LogP contribution < -0.4 is 5.32 Å². The Hall–Kier alpha value is -0.353. The van der Waals surface area contributed by atoms with E-state index in [2.05, 4.69) is 25.0 Å². The van der Waals surface area contributed by atoms with Gasteiger partial charge in [0.05, 0.1) is 6.04 Å². The van der Waals surface area contributed by atoms with E-state index >= 15 is 0 Å². The van der Waals surface area contributed by atoms with Crippen LogP contribution in [0.1, 0.15) is 12.8 Å². The van der Waals surface area contributed by atoms with Crippen molar-refractivity contribution in [2.24, 2.45) is 5.92 Å². The Morgan fingerprint density at radius 3 is 2.38 bits per heavy atom. The van der Waals surface area contributed by atoms with Crippen LogP contribution in [0.2, 0.25) is 19.6 Å². The quantitative estimate of drug-likeness (QED) is 0.546. The van der Waals surface area contributed by atoms with Crippen molar-refractivity contribution in [3.63, 3.8) is 0 Å². The first kappa shape index (κ1) is 9.21. The number of hydrogen-bond donors (Lipinski definition) is 1. The highest BCUT2D eigenvalue weighted by atomic mass is 28.4. The van der Waals surface area contributed by atoms with Gasteiger partial charge in [0.15, 0.2) is 8.32 Å². The predicted octanol–water partition coefficient (Wildman–Crippen LogP) is 1.11. The van der Waals surface area contributed by atoms with E-state index in [-0.39, 0.29) is 12.0 Å². The van der Waals surface area contributed by atoms with Crippen molar-refractivity contribution in [3.05, 3.63) is 0 Å². The van der Waals surface area contributed by atoms with Gasteiger partial charge in [0.1, 0.15) is 6.10 Å². The van der Waals surface area contributed by atoms with Crippen molar-refractivity contribution in [2.75, 3.05) is 0 Å². The minimum absolute atomic E-state index is 0.0966. The molecule has 1 heterocycles. The molecule has 0 radical (unpaired) electrons. The molecule has 0 spiro atoms. The Morgan fingerprint density at radius 1 is 1.38 bits per heavy atom. The van der Waals surface area contributed by atoms with E-state index in [4.69, 9.17) is 4.43 Å². The molecule has 1 aliphatic carbocycles. The second-order valence-electron chi connectivity index (χ2n) is 5.02. The zero-order valence-corrected chi connectivity index (χ0v) is 9.46. The van der Waals surface area contributed by atoms with Gasteiger partial charge in [-0.2, -0.15) is 0 Å². The Labute approximate surface area is 80.0 Å². The van der Waals surface area contributed by atoms with Crippen molar-refractivity contribution < 1.29 is 9.22 Å². The van der Waals surface area contributed by atoms with Crippen LogP contribution in [0.15, 0.2) is 0 Å². The molecule has 2 atom stereocenters. The molecule has 0 aromatic heterocycles. The molecule has 3 nitrogen and oxygen atoms in total. The SMILES string of the molecule is C[Si](C)(C)OC1C(=O)NC1C1CC1. The molecular formula is C9H17NO2Si. The topological polar surface area (TPSA) is 38.3 Å². The molecule has 0 aromatic rings. The maximum absolute atomic E-state index is 11.2. The zero-order chi connectivity index (χ0) is 9.64. The van der Waals surface area contributed by atoms with Gasteiger partial charge in [-0.05, 0) is 38.4 Å². The van der Waals surface area contributed by atoms with Crippen LogP contribution >= 0.6 is 0 Å². The summed E-state index contributed by atoms with van der Waals surface area (Å²) in [5.41, 5.74) is 0. The fourth-order valence-electron chi connectivity index (χ4n) is 1.72. The van der Waals surface area contributed by atoms with E-state index in [1.807, 2.05) is 0 Å². The zero-order valence-electron chi connectivity index (χ0n) is 8.46. The maximum Gasteiger partial charge on any atom is 0.250 e. The summed E-state index contributed by atoms with van der Waals surface area (Å²) in [5, 5.41) is 2.94. The summed E-state index contributed by atoms with van der Waals surface area (Å²) in [7, 11) is -1.55. The summed E-state index contributed by atoms with van der Waals surface area (Å²) in [6.45, 7) is 6.38. The van der Waals surface area contributed by atoms with E-state index in [0.717, 1.165) is 0 Å². The van der Waals surface area contributed by atoms with Crippen LogP contribution in [0.4, 0.5) is 0 Å². The summed E-state index contributed by atoms with van der Waals surface area (Å²) in [4.78, 5) is 11.2. The van der Waals surface area contributed by atoms with E-state index in [1.54, 1.807) is 0 Å². The highest BCUT2D eigenvalue weighted by Gasteiger charge is 2.49. The lowest BCUT2D eigenvalue weighted by Gasteiger charge is -2.40. The summed E-state index contributed by atoms with van der Waals surface area (Å²) in [6.07, 6.45) is 2.40. The molecule has 0 aromatic carbocycles. The molecule has 74 valence electrons. The first-order valence-electron chi connectivity index (χ1n) is 4.95. The standard InChI is InChI=1S/C9H17NO2Si/c1-13(2,3)12-8-7(6-4-5-6)10-9(8)11/h6-8H,4-5H2,1-3H3,(H,10,11). The first-order chi connectivity index (χ1) is 5.97. The van der Waals surface area contributed by atoms with Gasteiger partial charge in [-0.15, -0.1) is 0 Å². The summed E-state index contributed by atoms with van der Waals surface area (Å²) >= 11 is 0.